The van der Waals surface area contributed by atoms with E-state index in [1.807, 2.05) is 0 Å². The Balaban J connectivity index is 1.69. The summed E-state index contributed by atoms with van der Waals surface area (Å²) in [5.41, 5.74) is 0.367. The van der Waals surface area contributed by atoms with Gasteiger partial charge in [0.2, 0.25) is 5.91 Å². The summed E-state index contributed by atoms with van der Waals surface area (Å²) in [6.07, 6.45) is 3.68. The number of nitrogens with zero attached hydrogens (tertiary/aromatic N) is 2. The number of ether oxygens (including phenoxy) is 2. The van der Waals surface area contributed by atoms with Crippen LogP contribution in [-0.4, -0.2) is 75.9 Å². The molecule has 0 saturated carbocycles. The number of likely N-dealkylation sites (tertiary alicyclic amines) is 1. The largest absolute Gasteiger partial charge is 0.375 e. The second-order valence-electron chi connectivity index (χ2n) is 6.24. The lowest BCUT2D eigenvalue weighted by atomic mass is 9.77. The second kappa shape index (κ2) is 6.20. The summed E-state index contributed by atoms with van der Waals surface area (Å²) in [4.78, 5) is 15.3. The van der Waals surface area contributed by atoms with Gasteiger partial charge in [0.25, 0.3) is 0 Å². The number of hydrogen-bond acceptors (Lipinski definition) is 4. The molecule has 2 aliphatic rings. The molecule has 1 amide bonds. The van der Waals surface area contributed by atoms with E-state index in [1.165, 1.54) is 12.8 Å². The number of hydrogen-bond donors (Lipinski definition) is 0. The van der Waals surface area contributed by atoms with Crippen molar-refractivity contribution in [2.75, 3.05) is 54.1 Å². The number of likely N-dealkylation sites (N-methyl/N-ethyl adjacent to an activating group) is 1. The Morgan fingerprint density at radius 3 is 2.74 bits per heavy atom. The van der Waals surface area contributed by atoms with Gasteiger partial charge in [0.05, 0.1) is 19.3 Å². The molecular formula is C14H26N2O3. The van der Waals surface area contributed by atoms with Gasteiger partial charge in [-0.25, -0.2) is 0 Å². The maximum absolute atomic E-state index is 11.4. The predicted octanol–water partition coefficient (Wildman–Crippen LogP) is 0.592. The minimum absolute atomic E-state index is 0.00648. The van der Waals surface area contributed by atoms with Crippen LogP contribution < -0.4 is 0 Å². The Hall–Kier alpha value is -0.650. The predicted molar refractivity (Wildman–Crippen MR) is 73.0 cm³/mol. The normalized spacial score (nSPS) is 26.8. The van der Waals surface area contributed by atoms with E-state index in [4.69, 9.17) is 9.47 Å². The lowest BCUT2D eigenvalue weighted by Gasteiger charge is -2.36. The zero-order valence-corrected chi connectivity index (χ0v) is 12.4. The van der Waals surface area contributed by atoms with Crippen molar-refractivity contribution >= 4 is 5.91 Å². The van der Waals surface area contributed by atoms with Crippen LogP contribution in [0.5, 0.6) is 0 Å². The average molecular weight is 270 g/mol. The van der Waals surface area contributed by atoms with Crippen LogP contribution in [0.2, 0.25) is 0 Å². The van der Waals surface area contributed by atoms with Crippen LogP contribution in [0.4, 0.5) is 0 Å². The molecule has 2 fully saturated rings. The number of piperidine rings is 1. The summed E-state index contributed by atoms with van der Waals surface area (Å²) in [5.74, 6) is 0.00648. The first-order valence-corrected chi connectivity index (χ1v) is 7.09. The van der Waals surface area contributed by atoms with Gasteiger partial charge in [-0.05, 0) is 44.8 Å². The highest BCUT2D eigenvalue weighted by atomic mass is 16.5. The fraction of sp³-hybridized carbons (Fsp3) is 0.929. The molecule has 2 aliphatic heterocycles. The third kappa shape index (κ3) is 3.91. The number of rotatable bonds is 4. The zero-order chi connectivity index (χ0) is 13.9. The van der Waals surface area contributed by atoms with Crippen molar-refractivity contribution in [3.8, 4) is 0 Å². The van der Waals surface area contributed by atoms with Crippen LogP contribution >= 0.6 is 0 Å². The van der Waals surface area contributed by atoms with E-state index in [-0.39, 0.29) is 18.6 Å². The Morgan fingerprint density at radius 1 is 1.42 bits per heavy atom. The molecule has 2 heterocycles. The quantitative estimate of drug-likeness (QED) is 0.750. The first kappa shape index (κ1) is 14.8. The maximum atomic E-state index is 11.4. The Labute approximate surface area is 115 Å². The minimum atomic E-state index is 0.00648. The third-order valence-electron chi connectivity index (χ3n) is 4.36. The van der Waals surface area contributed by atoms with Gasteiger partial charge in [0, 0.05) is 14.1 Å². The fourth-order valence-corrected chi connectivity index (χ4v) is 2.85. The molecule has 0 radical (unpaired) electrons. The van der Waals surface area contributed by atoms with Crippen molar-refractivity contribution in [1.29, 1.82) is 0 Å². The van der Waals surface area contributed by atoms with Crippen molar-refractivity contribution in [2.45, 2.75) is 25.4 Å². The van der Waals surface area contributed by atoms with Gasteiger partial charge in [-0.2, -0.15) is 0 Å². The van der Waals surface area contributed by atoms with Crippen LogP contribution in [0.1, 0.15) is 19.3 Å². The molecule has 0 aromatic rings. The van der Waals surface area contributed by atoms with Crippen LogP contribution in [0.25, 0.3) is 0 Å². The summed E-state index contributed by atoms with van der Waals surface area (Å²) < 4.78 is 11.3. The molecule has 2 saturated heterocycles. The molecule has 1 spiro atoms. The lowest BCUT2D eigenvalue weighted by Crippen LogP contribution is -2.38. The molecule has 5 nitrogen and oxygen atoms in total. The maximum Gasteiger partial charge on any atom is 0.248 e. The van der Waals surface area contributed by atoms with E-state index in [9.17, 15) is 4.79 Å². The van der Waals surface area contributed by atoms with Crippen molar-refractivity contribution in [3.05, 3.63) is 0 Å². The van der Waals surface area contributed by atoms with Crippen molar-refractivity contribution in [3.63, 3.8) is 0 Å². The zero-order valence-electron chi connectivity index (χ0n) is 12.4. The molecule has 1 atom stereocenters. The van der Waals surface area contributed by atoms with Gasteiger partial charge in [0.15, 0.2) is 0 Å². The molecule has 19 heavy (non-hydrogen) atoms. The van der Waals surface area contributed by atoms with Crippen molar-refractivity contribution in [1.82, 2.24) is 9.80 Å². The van der Waals surface area contributed by atoms with Gasteiger partial charge < -0.3 is 19.3 Å². The van der Waals surface area contributed by atoms with E-state index in [2.05, 4.69) is 11.9 Å². The summed E-state index contributed by atoms with van der Waals surface area (Å²) in [5, 5.41) is 0. The molecule has 2 rings (SSSR count). The highest BCUT2D eigenvalue weighted by molar-refractivity contribution is 5.76. The summed E-state index contributed by atoms with van der Waals surface area (Å²) in [6, 6.07) is 0. The molecule has 5 heteroatoms. The van der Waals surface area contributed by atoms with E-state index in [1.54, 1.807) is 19.0 Å². The molecule has 110 valence electrons. The van der Waals surface area contributed by atoms with Crippen LogP contribution in [0, 0.1) is 5.41 Å². The second-order valence-corrected chi connectivity index (χ2v) is 6.24. The molecule has 0 aromatic heterocycles. The van der Waals surface area contributed by atoms with Gasteiger partial charge in [-0.3, -0.25) is 4.79 Å². The first-order chi connectivity index (χ1) is 9.01. The molecule has 0 aromatic carbocycles. The monoisotopic (exact) mass is 270 g/mol. The van der Waals surface area contributed by atoms with Gasteiger partial charge in [0.1, 0.15) is 6.61 Å². The Morgan fingerprint density at radius 2 is 2.11 bits per heavy atom. The van der Waals surface area contributed by atoms with Gasteiger partial charge in [-0.15, -0.1) is 0 Å². The number of amides is 1. The van der Waals surface area contributed by atoms with E-state index in [0.29, 0.717) is 12.0 Å². The summed E-state index contributed by atoms with van der Waals surface area (Å²) >= 11 is 0. The van der Waals surface area contributed by atoms with Crippen LogP contribution in [0.15, 0.2) is 0 Å². The molecule has 0 aliphatic carbocycles. The molecule has 0 bridgehead atoms. The average Bonchev–Trinajstić information content (AvgIpc) is 2.77. The molecular weight excluding hydrogens is 244 g/mol. The molecule has 1 unspecified atom stereocenters. The van der Waals surface area contributed by atoms with E-state index >= 15 is 0 Å². The van der Waals surface area contributed by atoms with Crippen LogP contribution in [-0.2, 0) is 14.3 Å². The first-order valence-electron chi connectivity index (χ1n) is 7.09. The topological polar surface area (TPSA) is 42.0 Å². The Kier molecular flexibility index (Phi) is 4.81. The standard InChI is InChI=1S/C14H26N2O3/c1-15(2)13(17)10-18-9-12-8-14(11-19-12)4-6-16(3)7-5-14/h12H,4-11H2,1-3H3. The number of carbonyl (C=O) groups is 1. The van der Waals surface area contributed by atoms with E-state index in [0.717, 1.165) is 26.1 Å². The van der Waals surface area contributed by atoms with E-state index < -0.39 is 0 Å². The summed E-state index contributed by atoms with van der Waals surface area (Å²) in [7, 11) is 5.66. The smallest absolute Gasteiger partial charge is 0.248 e. The van der Waals surface area contributed by atoms with Crippen molar-refractivity contribution < 1.29 is 14.3 Å². The SMILES string of the molecule is CN1CCC2(CC1)COC(COCC(=O)N(C)C)C2. The fourth-order valence-electron chi connectivity index (χ4n) is 2.85. The number of carbonyl (C=O) groups excluding carboxylic acids is 1. The summed E-state index contributed by atoms with van der Waals surface area (Å²) in [6.45, 7) is 3.88. The highest BCUT2D eigenvalue weighted by Gasteiger charge is 2.41. The Bertz CT molecular complexity index is 312. The lowest BCUT2D eigenvalue weighted by molar-refractivity contribution is -0.134. The molecule has 0 N–H and O–H groups in total. The highest BCUT2D eigenvalue weighted by Crippen LogP contribution is 2.41. The van der Waals surface area contributed by atoms with Crippen molar-refractivity contribution in [2.24, 2.45) is 5.41 Å². The minimum Gasteiger partial charge on any atom is -0.375 e. The van der Waals surface area contributed by atoms with Gasteiger partial charge in [-0.1, -0.05) is 0 Å². The van der Waals surface area contributed by atoms with Crippen LogP contribution in [0.3, 0.4) is 0 Å². The third-order valence-corrected chi connectivity index (χ3v) is 4.36. The van der Waals surface area contributed by atoms with Gasteiger partial charge >= 0.3 is 0 Å².